The number of rotatable bonds is 2. The topological polar surface area (TPSA) is 111 Å². The van der Waals surface area contributed by atoms with Gasteiger partial charge in [0.05, 0.1) is 37.6 Å². The van der Waals surface area contributed by atoms with Crippen LogP contribution in [0.2, 0.25) is 0 Å². The molecule has 9 heteroatoms. The summed E-state index contributed by atoms with van der Waals surface area (Å²) in [6.45, 7) is 6.46. The number of hydrogen-bond donors (Lipinski definition) is 1. The van der Waals surface area contributed by atoms with Gasteiger partial charge in [0, 0.05) is 25.8 Å². The number of amides is 2. The minimum Gasteiger partial charge on any atom is -0.378 e. The van der Waals surface area contributed by atoms with E-state index in [1.807, 2.05) is 0 Å². The average Bonchev–Trinajstić information content (AvgIpc) is 2.61. The Morgan fingerprint density at radius 2 is 1.88 bits per heavy atom. The molecule has 0 aromatic carbocycles. The van der Waals surface area contributed by atoms with Crippen LogP contribution in [0.1, 0.15) is 23.0 Å². The molecule has 0 aliphatic carbocycles. The summed E-state index contributed by atoms with van der Waals surface area (Å²) in [5.41, 5.74) is 5.39. The molecule has 136 valence electrons. The second-order valence-corrected chi connectivity index (χ2v) is 6.44. The van der Waals surface area contributed by atoms with Crippen molar-refractivity contribution in [1.82, 2.24) is 19.8 Å². The first-order chi connectivity index (χ1) is 11.9. The number of hydrogen-bond acceptors (Lipinski definition) is 7. The summed E-state index contributed by atoms with van der Waals surface area (Å²) in [6, 6.07) is 0. The molecule has 1 aromatic heterocycles. The van der Waals surface area contributed by atoms with Crippen molar-refractivity contribution < 1.29 is 19.1 Å². The summed E-state index contributed by atoms with van der Waals surface area (Å²) in [6.07, 6.45) is 1.43. The lowest BCUT2D eigenvalue weighted by molar-refractivity contribution is -0.168. The van der Waals surface area contributed by atoms with Crippen LogP contribution in [0.3, 0.4) is 0 Å². The molecule has 2 aliphatic rings. The molecule has 2 amide bonds. The number of nitrogens with two attached hydrogens (primary N) is 1. The van der Waals surface area contributed by atoms with Crippen molar-refractivity contribution in [2.45, 2.75) is 19.4 Å². The van der Waals surface area contributed by atoms with Crippen molar-refractivity contribution >= 4 is 17.8 Å². The number of aromatic nitrogens is 2. The Labute approximate surface area is 146 Å². The Balaban J connectivity index is 1.75. The van der Waals surface area contributed by atoms with Gasteiger partial charge in [0.1, 0.15) is 0 Å². The molecule has 3 heterocycles. The van der Waals surface area contributed by atoms with Crippen LogP contribution in [-0.2, 0) is 14.3 Å². The normalized spacial score (nSPS) is 24.2. The summed E-state index contributed by atoms with van der Waals surface area (Å²) < 4.78 is 11.1. The third-order valence-electron chi connectivity index (χ3n) is 4.54. The van der Waals surface area contributed by atoms with Crippen LogP contribution in [0.15, 0.2) is 6.20 Å². The number of carbonyl (C=O) groups is 2. The van der Waals surface area contributed by atoms with Gasteiger partial charge in [-0.25, -0.2) is 9.97 Å². The van der Waals surface area contributed by atoms with Crippen molar-refractivity contribution in [3.05, 3.63) is 17.5 Å². The smallest absolute Gasteiger partial charge is 0.257 e. The van der Waals surface area contributed by atoms with Gasteiger partial charge in [-0.1, -0.05) is 0 Å². The van der Waals surface area contributed by atoms with Crippen LogP contribution < -0.4 is 5.73 Å². The van der Waals surface area contributed by atoms with Gasteiger partial charge in [-0.3, -0.25) is 9.59 Å². The van der Waals surface area contributed by atoms with Crippen molar-refractivity contribution in [3.63, 3.8) is 0 Å². The Bertz CT molecular complexity index is 676. The molecular formula is C16H23N5O4. The summed E-state index contributed by atoms with van der Waals surface area (Å²) in [5, 5.41) is 0. The predicted molar refractivity (Wildman–Crippen MR) is 88.8 cm³/mol. The van der Waals surface area contributed by atoms with E-state index in [4.69, 9.17) is 15.2 Å². The standard InChI is InChI=1S/C16H23N5O4/c1-11-12(9-18-15(17)19-11)13(22)21-5-8-25-16(2,10-21)14(23)20-3-6-24-7-4-20/h9H,3-8,10H2,1-2H3,(H2,17,18,19)/t16-/m0/s1. The van der Waals surface area contributed by atoms with Crippen molar-refractivity contribution in [3.8, 4) is 0 Å². The maximum atomic E-state index is 12.9. The number of nitrogen functional groups attached to an aromatic ring is 1. The molecule has 9 nitrogen and oxygen atoms in total. The fraction of sp³-hybridized carbons (Fsp3) is 0.625. The predicted octanol–water partition coefficient (Wildman–Crippen LogP) is -0.543. The number of aryl methyl sites for hydroxylation is 1. The maximum Gasteiger partial charge on any atom is 0.257 e. The van der Waals surface area contributed by atoms with E-state index in [9.17, 15) is 9.59 Å². The molecule has 1 aromatic rings. The second kappa shape index (κ2) is 6.93. The van der Waals surface area contributed by atoms with E-state index in [-0.39, 0.29) is 24.3 Å². The quantitative estimate of drug-likeness (QED) is 0.763. The third kappa shape index (κ3) is 3.57. The summed E-state index contributed by atoms with van der Waals surface area (Å²) in [5.74, 6) is -0.205. The molecule has 0 unspecified atom stereocenters. The zero-order valence-corrected chi connectivity index (χ0v) is 14.5. The Morgan fingerprint density at radius 3 is 2.56 bits per heavy atom. The summed E-state index contributed by atoms with van der Waals surface area (Å²) in [4.78, 5) is 37.0. The van der Waals surface area contributed by atoms with E-state index < -0.39 is 5.60 Å². The molecule has 1 atom stereocenters. The molecule has 0 saturated carbocycles. The lowest BCUT2D eigenvalue weighted by Crippen LogP contribution is -2.61. The lowest BCUT2D eigenvalue weighted by Gasteiger charge is -2.42. The van der Waals surface area contributed by atoms with Crippen molar-refractivity contribution in [2.75, 3.05) is 51.7 Å². The molecule has 2 fully saturated rings. The van der Waals surface area contributed by atoms with E-state index in [2.05, 4.69) is 9.97 Å². The highest BCUT2D eigenvalue weighted by Gasteiger charge is 2.43. The third-order valence-corrected chi connectivity index (χ3v) is 4.54. The van der Waals surface area contributed by atoms with E-state index in [0.717, 1.165) is 0 Å². The molecule has 0 bridgehead atoms. The van der Waals surface area contributed by atoms with Gasteiger partial charge in [-0.05, 0) is 13.8 Å². The first-order valence-electron chi connectivity index (χ1n) is 8.30. The minimum absolute atomic E-state index is 0.112. The zero-order valence-electron chi connectivity index (χ0n) is 14.5. The van der Waals surface area contributed by atoms with Gasteiger partial charge in [0.25, 0.3) is 11.8 Å². The molecule has 2 N–H and O–H groups in total. The monoisotopic (exact) mass is 349 g/mol. The van der Waals surface area contributed by atoms with Gasteiger partial charge in [-0.2, -0.15) is 0 Å². The van der Waals surface area contributed by atoms with E-state index in [1.165, 1.54) is 6.20 Å². The van der Waals surface area contributed by atoms with Gasteiger partial charge >= 0.3 is 0 Å². The SMILES string of the molecule is Cc1nc(N)ncc1C(=O)N1CCO[C@](C)(C(=O)N2CCOCC2)C1. The van der Waals surface area contributed by atoms with Gasteiger partial charge in [0.15, 0.2) is 5.60 Å². The van der Waals surface area contributed by atoms with Gasteiger partial charge in [0.2, 0.25) is 5.95 Å². The first kappa shape index (κ1) is 17.6. The molecule has 0 spiro atoms. The zero-order chi connectivity index (χ0) is 18.0. The van der Waals surface area contributed by atoms with E-state index in [0.29, 0.717) is 50.7 Å². The number of anilines is 1. The largest absolute Gasteiger partial charge is 0.378 e. The number of nitrogens with zero attached hydrogens (tertiary/aromatic N) is 4. The summed E-state index contributed by atoms with van der Waals surface area (Å²) in [7, 11) is 0. The van der Waals surface area contributed by atoms with Crippen molar-refractivity contribution in [2.24, 2.45) is 0 Å². The molecule has 0 radical (unpaired) electrons. The van der Waals surface area contributed by atoms with Crippen LogP contribution in [0.4, 0.5) is 5.95 Å². The number of ether oxygens (including phenoxy) is 2. The highest BCUT2D eigenvalue weighted by molar-refractivity contribution is 5.96. The second-order valence-electron chi connectivity index (χ2n) is 6.44. The minimum atomic E-state index is -1.06. The van der Waals surface area contributed by atoms with E-state index in [1.54, 1.807) is 23.6 Å². The van der Waals surface area contributed by atoms with Crippen LogP contribution in [0, 0.1) is 6.92 Å². The highest BCUT2D eigenvalue weighted by atomic mass is 16.5. The molecular weight excluding hydrogens is 326 g/mol. The molecule has 25 heavy (non-hydrogen) atoms. The Hall–Kier alpha value is -2.26. The van der Waals surface area contributed by atoms with E-state index >= 15 is 0 Å². The lowest BCUT2D eigenvalue weighted by atomic mass is 10.0. The number of morpholine rings is 2. The molecule has 2 saturated heterocycles. The molecule has 3 rings (SSSR count). The van der Waals surface area contributed by atoms with Crippen LogP contribution in [0.5, 0.6) is 0 Å². The highest BCUT2D eigenvalue weighted by Crippen LogP contribution is 2.23. The summed E-state index contributed by atoms with van der Waals surface area (Å²) >= 11 is 0. The van der Waals surface area contributed by atoms with Crippen LogP contribution in [0.25, 0.3) is 0 Å². The van der Waals surface area contributed by atoms with Gasteiger partial charge < -0.3 is 25.0 Å². The number of carbonyl (C=O) groups excluding carboxylic acids is 2. The first-order valence-corrected chi connectivity index (χ1v) is 8.30. The van der Waals surface area contributed by atoms with Crippen LogP contribution in [-0.4, -0.2) is 83.2 Å². The van der Waals surface area contributed by atoms with Crippen LogP contribution >= 0.6 is 0 Å². The van der Waals surface area contributed by atoms with Gasteiger partial charge in [-0.15, -0.1) is 0 Å². The average molecular weight is 349 g/mol. The van der Waals surface area contributed by atoms with Crippen molar-refractivity contribution in [1.29, 1.82) is 0 Å². The molecule has 2 aliphatic heterocycles. The maximum absolute atomic E-state index is 12.9. The Kier molecular flexibility index (Phi) is 4.87. The Morgan fingerprint density at radius 1 is 1.20 bits per heavy atom. The fourth-order valence-corrected chi connectivity index (χ4v) is 3.14. The fourth-order valence-electron chi connectivity index (χ4n) is 3.14.